The van der Waals surface area contributed by atoms with Crippen LogP contribution in [-0.4, -0.2) is 34.7 Å². The summed E-state index contributed by atoms with van der Waals surface area (Å²) in [5.41, 5.74) is 6.79. The molecule has 0 bridgehead atoms. The Morgan fingerprint density at radius 2 is 2.00 bits per heavy atom. The van der Waals surface area contributed by atoms with Gasteiger partial charge >= 0.3 is 6.18 Å². The molecule has 0 radical (unpaired) electrons. The molecule has 2 atom stereocenters. The summed E-state index contributed by atoms with van der Waals surface area (Å²) in [7, 11) is 0. The zero-order chi connectivity index (χ0) is 15.3. The molecule has 2 N–H and O–H groups in total. The number of hydrogen-bond donors (Lipinski definition) is 1. The van der Waals surface area contributed by atoms with Gasteiger partial charge in [0.25, 0.3) is 0 Å². The van der Waals surface area contributed by atoms with Crippen LogP contribution in [0.25, 0.3) is 0 Å². The number of pyridine rings is 1. The van der Waals surface area contributed by atoms with Crippen LogP contribution in [-0.2, 0) is 0 Å². The predicted molar refractivity (Wildman–Crippen MR) is 73.1 cm³/mol. The molecule has 2 unspecified atom stereocenters. The molecule has 0 spiro atoms. The Bertz CT molecular complexity index is 392. The van der Waals surface area contributed by atoms with E-state index in [9.17, 15) is 13.2 Å². The molecule has 6 heteroatoms. The lowest BCUT2D eigenvalue weighted by Crippen LogP contribution is -2.48. The molecule has 20 heavy (non-hydrogen) atoms. The number of alkyl halides is 3. The van der Waals surface area contributed by atoms with E-state index in [0.29, 0.717) is 6.42 Å². The molecular weight excluding hydrogens is 267 g/mol. The van der Waals surface area contributed by atoms with Gasteiger partial charge in [0.05, 0.1) is 12.6 Å². The first-order chi connectivity index (χ1) is 9.26. The molecule has 3 nitrogen and oxygen atoms in total. The molecule has 0 amide bonds. The van der Waals surface area contributed by atoms with Crippen molar-refractivity contribution in [2.24, 2.45) is 5.73 Å². The van der Waals surface area contributed by atoms with Crippen molar-refractivity contribution in [2.45, 2.75) is 51.5 Å². The number of aromatic nitrogens is 1. The highest BCUT2D eigenvalue weighted by Gasteiger charge is 2.37. The average Bonchev–Trinajstić information content (AvgIpc) is 2.37. The maximum absolute atomic E-state index is 12.8. The zero-order valence-corrected chi connectivity index (χ0v) is 12.1. The lowest BCUT2D eigenvalue weighted by Gasteiger charge is -2.38. The minimum atomic E-state index is -4.25. The summed E-state index contributed by atoms with van der Waals surface area (Å²) in [6.07, 6.45) is -0.466. The predicted octanol–water partition coefficient (Wildman–Crippen LogP) is 3.13. The Kier molecular flexibility index (Phi) is 5.95. The lowest BCUT2D eigenvalue weighted by atomic mass is 9.96. The smallest absolute Gasteiger partial charge is 0.326 e. The van der Waals surface area contributed by atoms with Gasteiger partial charge in [0, 0.05) is 24.5 Å². The van der Waals surface area contributed by atoms with Crippen LogP contribution in [0.15, 0.2) is 24.5 Å². The third kappa shape index (κ3) is 4.76. The van der Waals surface area contributed by atoms with Gasteiger partial charge in [-0.15, -0.1) is 0 Å². The summed E-state index contributed by atoms with van der Waals surface area (Å²) in [4.78, 5) is 5.39. The molecule has 0 aliphatic heterocycles. The average molecular weight is 289 g/mol. The van der Waals surface area contributed by atoms with Gasteiger partial charge in [-0.25, -0.2) is 0 Å². The first kappa shape index (κ1) is 16.9. The van der Waals surface area contributed by atoms with Crippen LogP contribution in [0.5, 0.6) is 0 Å². The highest BCUT2D eigenvalue weighted by Crippen LogP contribution is 2.30. The Balaban J connectivity index is 3.12. The van der Waals surface area contributed by atoms with Crippen molar-refractivity contribution in [3.05, 3.63) is 30.1 Å². The van der Waals surface area contributed by atoms with Crippen LogP contribution in [0, 0.1) is 0 Å². The minimum Gasteiger partial charge on any atom is -0.326 e. The minimum absolute atomic E-state index is 0.264. The van der Waals surface area contributed by atoms with Crippen molar-refractivity contribution in [3.8, 4) is 0 Å². The fourth-order valence-electron chi connectivity index (χ4n) is 2.27. The molecule has 114 valence electrons. The van der Waals surface area contributed by atoms with E-state index in [-0.39, 0.29) is 12.1 Å². The lowest BCUT2D eigenvalue weighted by molar-refractivity contribution is -0.156. The fraction of sp³-hybridized carbons (Fsp3) is 0.643. The molecule has 0 saturated heterocycles. The Morgan fingerprint density at radius 3 is 2.40 bits per heavy atom. The third-order valence-corrected chi connectivity index (χ3v) is 3.29. The van der Waals surface area contributed by atoms with Crippen LogP contribution in [0.3, 0.4) is 0 Å². The molecule has 1 aromatic rings. The molecule has 1 aromatic heterocycles. The molecule has 0 saturated carbocycles. The second-order valence-electron chi connectivity index (χ2n) is 5.18. The van der Waals surface area contributed by atoms with Crippen LogP contribution in [0.2, 0.25) is 0 Å². The SMILES string of the molecule is CCC(N)C(c1cccnc1)N(CC(F)(F)F)C(C)C. The molecule has 0 aromatic carbocycles. The normalized spacial score (nSPS) is 15.7. The van der Waals surface area contributed by atoms with E-state index >= 15 is 0 Å². The summed E-state index contributed by atoms with van der Waals surface area (Å²) in [5.74, 6) is 0. The second-order valence-corrected chi connectivity index (χ2v) is 5.18. The van der Waals surface area contributed by atoms with Gasteiger partial charge in [0.15, 0.2) is 0 Å². The van der Waals surface area contributed by atoms with Gasteiger partial charge < -0.3 is 5.73 Å². The van der Waals surface area contributed by atoms with Crippen LogP contribution < -0.4 is 5.73 Å². The first-order valence-electron chi connectivity index (χ1n) is 6.74. The zero-order valence-electron chi connectivity index (χ0n) is 12.1. The van der Waals surface area contributed by atoms with Crippen molar-refractivity contribution >= 4 is 0 Å². The van der Waals surface area contributed by atoms with Gasteiger partial charge in [-0.3, -0.25) is 9.88 Å². The van der Waals surface area contributed by atoms with Crippen molar-refractivity contribution in [2.75, 3.05) is 6.54 Å². The maximum atomic E-state index is 12.8. The maximum Gasteiger partial charge on any atom is 0.401 e. The Labute approximate surface area is 118 Å². The molecular formula is C14H22F3N3. The van der Waals surface area contributed by atoms with E-state index < -0.39 is 18.8 Å². The fourth-order valence-corrected chi connectivity index (χ4v) is 2.27. The largest absolute Gasteiger partial charge is 0.401 e. The van der Waals surface area contributed by atoms with Gasteiger partial charge in [0.1, 0.15) is 0 Å². The van der Waals surface area contributed by atoms with E-state index in [1.807, 2.05) is 6.92 Å². The van der Waals surface area contributed by atoms with E-state index in [1.165, 1.54) is 4.90 Å². The van der Waals surface area contributed by atoms with Crippen molar-refractivity contribution in [1.29, 1.82) is 0 Å². The standard InChI is InChI=1S/C14H22F3N3/c1-4-12(18)13(11-6-5-7-19-8-11)20(10(2)3)9-14(15,16)17/h5-8,10,12-13H,4,9,18H2,1-3H3. The van der Waals surface area contributed by atoms with E-state index in [1.54, 1.807) is 38.4 Å². The topological polar surface area (TPSA) is 42.1 Å². The summed E-state index contributed by atoms with van der Waals surface area (Å²) >= 11 is 0. The number of nitrogens with two attached hydrogens (primary N) is 1. The van der Waals surface area contributed by atoms with Crippen LogP contribution in [0.4, 0.5) is 13.2 Å². The van der Waals surface area contributed by atoms with Gasteiger partial charge in [-0.2, -0.15) is 13.2 Å². The highest BCUT2D eigenvalue weighted by molar-refractivity contribution is 5.16. The van der Waals surface area contributed by atoms with Crippen molar-refractivity contribution in [3.63, 3.8) is 0 Å². The number of halogens is 3. The molecule has 0 aliphatic rings. The molecule has 0 aliphatic carbocycles. The van der Waals surface area contributed by atoms with E-state index in [0.717, 1.165) is 5.56 Å². The van der Waals surface area contributed by atoms with Crippen LogP contribution >= 0.6 is 0 Å². The Hall–Kier alpha value is -1.14. The number of nitrogens with zero attached hydrogens (tertiary/aromatic N) is 2. The summed E-state index contributed by atoms with van der Waals surface area (Å²) < 4.78 is 38.4. The van der Waals surface area contributed by atoms with Crippen molar-refractivity contribution in [1.82, 2.24) is 9.88 Å². The van der Waals surface area contributed by atoms with Gasteiger partial charge in [0.2, 0.25) is 0 Å². The monoisotopic (exact) mass is 289 g/mol. The highest BCUT2D eigenvalue weighted by atomic mass is 19.4. The molecule has 1 heterocycles. The van der Waals surface area contributed by atoms with E-state index in [2.05, 4.69) is 4.98 Å². The van der Waals surface area contributed by atoms with Crippen LogP contribution in [0.1, 0.15) is 38.8 Å². The molecule has 1 rings (SSSR count). The first-order valence-corrected chi connectivity index (χ1v) is 6.74. The summed E-state index contributed by atoms with van der Waals surface area (Å²) in [6.45, 7) is 4.40. The van der Waals surface area contributed by atoms with E-state index in [4.69, 9.17) is 5.73 Å². The summed E-state index contributed by atoms with van der Waals surface area (Å²) in [5, 5.41) is 0. The third-order valence-electron chi connectivity index (χ3n) is 3.29. The second kappa shape index (κ2) is 7.04. The molecule has 0 fully saturated rings. The van der Waals surface area contributed by atoms with Crippen molar-refractivity contribution < 1.29 is 13.2 Å². The van der Waals surface area contributed by atoms with Gasteiger partial charge in [-0.1, -0.05) is 13.0 Å². The number of hydrogen-bond acceptors (Lipinski definition) is 3. The summed E-state index contributed by atoms with van der Waals surface area (Å²) in [6, 6.07) is 2.37. The number of rotatable bonds is 6. The quantitative estimate of drug-likeness (QED) is 0.875. The van der Waals surface area contributed by atoms with Gasteiger partial charge in [-0.05, 0) is 31.9 Å². The Morgan fingerprint density at radius 1 is 1.35 bits per heavy atom.